The van der Waals surface area contributed by atoms with Gasteiger partial charge >= 0.3 is 5.97 Å². The van der Waals surface area contributed by atoms with E-state index in [4.69, 9.17) is 4.74 Å². The van der Waals surface area contributed by atoms with Crippen LogP contribution in [0.2, 0.25) is 0 Å². The van der Waals surface area contributed by atoms with E-state index in [-0.39, 0.29) is 5.97 Å². The zero-order valence-electron chi connectivity index (χ0n) is 11.4. The smallest absolute Gasteiger partial charge is 0.307 e. The van der Waals surface area contributed by atoms with Gasteiger partial charge in [-0.2, -0.15) is 0 Å². The van der Waals surface area contributed by atoms with E-state index >= 15 is 0 Å². The van der Waals surface area contributed by atoms with Crippen LogP contribution in [0, 0.1) is 13.8 Å². The number of hydrogen-bond donors (Lipinski definition) is 0. The molecule has 5 nitrogen and oxygen atoms in total. The van der Waals surface area contributed by atoms with Gasteiger partial charge in [-0.15, -0.1) is 11.3 Å². The number of carbonyl (C=O) groups is 1. The number of methoxy groups -OCH3 is 2. The molecule has 0 spiro atoms. The molecule has 0 aromatic carbocycles. The van der Waals surface area contributed by atoms with Crippen LogP contribution < -0.4 is 4.90 Å². The summed E-state index contributed by atoms with van der Waals surface area (Å²) in [7, 11) is 3.07. The third-order valence-corrected chi connectivity index (χ3v) is 3.80. The Hall–Kier alpha value is -1.14. The molecule has 1 aromatic heterocycles. The van der Waals surface area contributed by atoms with E-state index in [0.29, 0.717) is 19.6 Å². The summed E-state index contributed by atoms with van der Waals surface area (Å²) in [6.45, 7) is 5.97. The van der Waals surface area contributed by atoms with Crippen LogP contribution in [-0.4, -0.2) is 44.9 Å². The van der Waals surface area contributed by atoms with Crippen molar-refractivity contribution in [2.24, 2.45) is 0 Å². The highest BCUT2D eigenvalue weighted by Gasteiger charge is 2.14. The lowest BCUT2D eigenvalue weighted by Crippen LogP contribution is -2.29. The zero-order chi connectivity index (χ0) is 13.5. The van der Waals surface area contributed by atoms with Crippen molar-refractivity contribution in [1.82, 2.24) is 4.98 Å². The van der Waals surface area contributed by atoms with Gasteiger partial charge in [-0.25, -0.2) is 4.98 Å². The third-order valence-electron chi connectivity index (χ3n) is 2.67. The molecule has 0 aliphatic rings. The first-order valence-corrected chi connectivity index (χ1v) is 6.64. The Morgan fingerprint density at radius 3 is 2.56 bits per heavy atom. The van der Waals surface area contributed by atoms with Crippen LogP contribution in [0.15, 0.2) is 0 Å². The SMILES string of the molecule is COCCN(CCC(=O)OC)c1nc(C)c(C)s1. The molecule has 0 amide bonds. The first-order chi connectivity index (χ1) is 8.58. The largest absolute Gasteiger partial charge is 0.469 e. The normalized spacial score (nSPS) is 10.4. The van der Waals surface area contributed by atoms with Crippen molar-refractivity contribution in [2.75, 3.05) is 38.8 Å². The molecule has 102 valence electrons. The predicted molar refractivity (Wildman–Crippen MR) is 72.3 cm³/mol. The van der Waals surface area contributed by atoms with E-state index in [9.17, 15) is 4.79 Å². The van der Waals surface area contributed by atoms with E-state index in [2.05, 4.69) is 14.6 Å². The van der Waals surface area contributed by atoms with Crippen LogP contribution >= 0.6 is 11.3 Å². The highest BCUT2D eigenvalue weighted by molar-refractivity contribution is 7.15. The average Bonchev–Trinajstić information content (AvgIpc) is 2.69. The molecule has 0 saturated heterocycles. The maximum atomic E-state index is 11.2. The van der Waals surface area contributed by atoms with Crippen molar-refractivity contribution >= 4 is 22.4 Å². The molecule has 6 heteroatoms. The number of nitrogens with zero attached hydrogens (tertiary/aromatic N) is 2. The van der Waals surface area contributed by atoms with Gasteiger partial charge in [0.15, 0.2) is 5.13 Å². The van der Waals surface area contributed by atoms with Crippen LogP contribution in [0.1, 0.15) is 17.0 Å². The Labute approximate surface area is 112 Å². The van der Waals surface area contributed by atoms with Gasteiger partial charge in [-0.1, -0.05) is 0 Å². The summed E-state index contributed by atoms with van der Waals surface area (Å²) < 4.78 is 9.74. The van der Waals surface area contributed by atoms with Crippen molar-refractivity contribution in [3.63, 3.8) is 0 Å². The standard InChI is InChI=1S/C12H20N2O3S/c1-9-10(2)18-12(13-9)14(7-8-16-3)6-5-11(15)17-4/h5-8H2,1-4H3. The van der Waals surface area contributed by atoms with Gasteiger partial charge in [0.05, 0.1) is 25.8 Å². The summed E-state index contributed by atoms with van der Waals surface area (Å²) >= 11 is 1.64. The van der Waals surface area contributed by atoms with Crippen LogP contribution in [0.25, 0.3) is 0 Å². The first kappa shape index (κ1) is 14.9. The Bertz CT molecular complexity index is 373. The van der Waals surface area contributed by atoms with Crippen LogP contribution in [0.5, 0.6) is 0 Å². The van der Waals surface area contributed by atoms with Gasteiger partial charge in [-0.3, -0.25) is 4.79 Å². The molecule has 0 fully saturated rings. The van der Waals surface area contributed by atoms with Crippen molar-refractivity contribution < 1.29 is 14.3 Å². The van der Waals surface area contributed by atoms with Crippen LogP contribution in [-0.2, 0) is 14.3 Å². The van der Waals surface area contributed by atoms with E-state index in [1.807, 2.05) is 13.8 Å². The number of aromatic nitrogens is 1. The fraction of sp³-hybridized carbons (Fsp3) is 0.667. The molecule has 18 heavy (non-hydrogen) atoms. The second-order valence-corrected chi connectivity index (χ2v) is 5.13. The molecule has 0 N–H and O–H groups in total. The first-order valence-electron chi connectivity index (χ1n) is 5.83. The van der Waals surface area contributed by atoms with Gasteiger partial charge in [0, 0.05) is 25.1 Å². The summed E-state index contributed by atoms with van der Waals surface area (Å²) in [5.74, 6) is -0.206. The Morgan fingerprint density at radius 2 is 2.06 bits per heavy atom. The fourth-order valence-corrected chi connectivity index (χ4v) is 2.39. The summed E-state index contributed by atoms with van der Waals surface area (Å²) in [5.41, 5.74) is 1.04. The molecule has 0 radical (unpaired) electrons. The summed E-state index contributed by atoms with van der Waals surface area (Å²) in [6.07, 6.45) is 0.359. The zero-order valence-corrected chi connectivity index (χ0v) is 12.2. The van der Waals surface area contributed by atoms with E-state index in [0.717, 1.165) is 17.4 Å². The van der Waals surface area contributed by atoms with Crippen LogP contribution in [0.3, 0.4) is 0 Å². The molecule has 0 aliphatic heterocycles. The lowest BCUT2D eigenvalue weighted by atomic mass is 10.4. The summed E-state index contributed by atoms with van der Waals surface area (Å²) in [4.78, 5) is 19.0. The third kappa shape index (κ3) is 4.27. The lowest BCUT2D eigenvalue weighted by molar-refractivity contribution is -0.140. The molecule has 0 aliphatic carbocycles. The van der Waals surface area contributed by atoms with E-state index < -0.39 is 0 Å². The Kier molecular flexibility index (Phi) is 6.07. The number of anilines is 1. The van der Waals surface area contributed by atoms with Gasteiger partial charge in [0.2, 0.25) is 0 Å². The predicted octanol–water partition coefficient (Wildman–Crippen LogP) is 1.78. The quantitative estimate of drug-likeness (QED) is 0.708. The molecule has 0 atom stereocenters. The minimum absolute atomic E-state index is 0.206. The molecule has 0 saturated carbocycles. The second-order valence-electron chi connectivity index (χ2n) is 3.94. The van der Waals surface area contributed by atoms with Crippen LogP contribution in [0.4, 0.5) is 5.13 Å². The topological polar surface area (TPSA) is 51.7 Å². The highest BCUT2D eigenvalue weighted by Crippen LogP contribution is 2.25. The number of aryl methyl sites for hydroxylation is 2. The number of ether oxygens (including phenoxy) is 2. The minimum atomic E-state index is -0.206. The lowest BCUT2D eigenvalue weighted by Gasteiger charge is -2.20. The summed E-state index contributed by atoms with van der Waals surface area (Å²) in [5, 5.41) is 0.936. The molecule has 1 aromatic rings. The van der Waals surface area contributed by atoms with Gasteiger partial charge in [0.1, 0.15) is 0 Å². The molecule has 0 unspecified atom stereocenters. The second kappa shape index (κ2) is 7.33. The molecular formula is C12H20N2O3S. The van der Waals surface area contributed by atoms with Crippen molar-refractivity contribution in [1.29, 1.82) is 0 Å². The molecule has 1 heterocycles. The van der Waals surface area contributed by atoms with Crippen molar-refractivity contribution in [3.8, 4) is 0 Å². The number of rotatable bonds is 7. The van der Waals surface area contributed by atoms with E-state index in [1.165, 1.54) is 12.0 Å². The number of carbonyl (C=O) groups excluding carboxylic acids is 1. The minimum Gasteiger partial charge on any atom is -0.469 e. The Morgan fingerprint density at radius 1 is 1.33 bits per heavy atom. The van der Waals surface area contributed by atoms with Crippen molar-refractivity contribution in [2.45, 2.75) is 20.3 Å². The molecule has 1 rings (SSSR count). The van der Waals surface area contributed by atoms with Gasteiger partial charge in [0.25, 0.3) is 0 Å². The van der Waals surface area contributed by atoms with Gasteiger partial charge < -0.3 is 14.4 Å². The molecular weight excluding hydrogens is 252 g/mol. The average molecular weight is 272 g/mol. The Balaban J connectivity index is 2.67. The summed E-state index contributed by atoms with van der Waals surface area (Å²) in [6, 6.07) is 0. The maximum Gasteiger partial charge on any atom is 0.307 e. The number of esters is 1. The number of thiazole rings is 1. The van der Waals surface area contributed by atoms with Crippen molar-refractivity contribution in [3.05, 3.63) is 10.6 Å². The number of hydrogen-bond acceptors (Lipinski definition) is 6. The maximum absolute atomic E-state index is 11.2. The van der Waals surface area contributed by atoms with Gasteiger partial charge in [-0.05, 0) is 13.8 Å². The fourth-order valence-electron chi connectivity index (χ4n) is 1.42. The van der Waals surface area contributed by atoms with E-state index in [1.54, 1.807) is 18.4 Å². The molecule has 0 bridgehead atoms. The monoisotopic (exact) mass is 272 g/mol. The highest BCUT2D eigenvalue weighted by atomic mass is 32.1.